The lowest BCUT2D eigenvalue weighted by molar-refractivity contribution is 0.277. The SMILES string of the molecule is CC1CCN(C(N)=NCc2ccc(S(C)=O)cc2)CC1. The molecule has 0 aromatic heterocycles. The van der Waals surface area contributed by atoms with Crippen molar-refractivity contribution in [3.63, 3.8) is 0 Å². The van der Waals surface area contributed by atoms with Gasteiger partial charge < -0.3 is 10.6 Å². The van der Waals surface area contributed by atoms with E-state index >= 15 is 0 Å². The lowest BCUT2D eigenvalue weighted by Gasteiger charge is -2.31. The van der Waals surface area contributed by atoms with Crippen molar-refractivity contribution in [3.8, 4) is 0 Å². The van der Waals surface area contributed by atoms with E-state index in [1.807, 2.05) is 24.3 Å². The average Bonchev–Trinajstić information content (AvgIpc) is 2.46. The van der Waals surface area contributed by atoms with E-state index in [4.69, 9.17) is 5.73 Å². The summed E-state index contributed by atoms with van der Waals surface area (Å²) in [5.74, 6) is 1.43. The van der Waals surface area contributed by atoms with Gasteiger partial charge >= 0.3 is 0 Å². The topological polar surface area (TPSA) is 58.7 Å². The summed E-state index contributed by atoms with van der Waals surface area (Å²) in [6.07, 6.45) is 4.06. The number of aliphatic imine (C=N–C) groups is 1. The van der Waals surface area contributed by atoms with E-state index in [1.165, 1.54) is 12.8 Å². The Bertz CT molecular complexity index is 490. The molecule has 0 radical (unpaired) electrons. The lowest BCUT2D eigenvalue weighted by Crippen LogP contribution is -2.42. The highest BCUT2D eigenvalue weighted by atomic mass is 32.2. The summed E-state index contributed by atoms with van der Waals surface area (Å²) in [7, 11) is -0.926. The van der Waals surface area contributed by atoms with Crippen LogP contribution in [-0.2, 0) is 17.3 Å². The first-order valence-corrected chi connectivity index (χ1v) is 8.59. The van der Waals surface area contributed by atoms with Gasteiger partial charge in [0.25, 0.3) is 0 Å². The first-order chi connectivity index (χ1) is 9.56. The van der Waals surface area contributed by atoms with Crippen LogP contribution < -0.4 is 5.73 Å². The molecule has 1 aromatic rings. The first-order valence-electron chi connectivity index (χ1n) is 7.03. The molecule has 0 bridgehead atoms. The zero-order chi connectivity index (χ0) is 14.5. The third-order valence-corrected chi connectivity index (χ3v) is 4.72. The minimum absolute atomic E-state index is 0.578. The van der Waals surface area contributed by atoms with Crippen molar-refractivity contribution in [2.45, 2.75) is 31.2 Å². The molecule has 1 aliphatic heterocycles. The summed E-state index contributed by atoms with van der Waals surface area (Å²) in [4.78, 5) is 7.47. The molecular weight excluding hydrogens is 270 g/mol. The average molecular weight is 293 g/mol. The van der Waals surface area contributed by atoms with E-state index in [-0.39, 0.29) is 0 Å². The van der Waals surface area contributed by atoms with Crippen molar-refractivity contribution in [2.24, 2.45) is 16.6 Å². The summed E-state index contributed by atoms with van der Waals surface area (Å²) < 4.78 is 11.3. The second-order valence-corrected chi connectivity index (χ2v) is 6.82. The number of benzene rings is 1. The van der Waals surface area contributed by atoms with Gasteiger partial charge in [0.1, 0.15) is 0 Å². The van der Waals surface area contributed by atoms with Crippen LogP contribution in [0.5, 0.6) is 0 Å². The van der Waals surface area contributed by atoms with Gasteiger partial charge in [0.15, 0.2) is 5.96 Å². The minimum Gasteiger partial charge on any atom is -0.370 e. The van der Waals surface area contributed by atoms with Crippen LogP contribution in [0, 0.1) is 5.92 Å². The quantitative estimate of drug-likeness (QED) is 0.685. The Hall–Kier alpha value is -1.36. The van der Waals surface area contributed by atoms with Crippen LogP contribution in [0.1, 0.15) is 25.3 Å². The molecule has 0 amide bonds. The maximum absolute atomic E-state index is 11.3. The second-order valence-electron chi connectivity index (χ2n) is 5.44. The number of nitrogens with two attached hydrogens (primary N) is 1. The Labute approximate surface area is 123 Å². The molecule has 1 saturated heterocycles. The Morgan fingerprint density at radius 3 is 2.50 bits per heavy atom. The predicted molar refractivity (Wildman–Crippen MR) is 84.1 cm³/mol. The number of likely N-dealkylation sites (tertiary alicyclic amines) is 1. The molecule has 0 aliphatic carbocycles. The molecule has 110 valence electrons. The minimum atomic E-state index is -0.926. The number of hydrogen-bond acceptors (Lipinski definition) is 2. The van der Waals surface area contributed by atoms with E-state index in [2.05, 4.69) is 16.8 Å². The number of rotatable bonds is 3. The molecule has 1 aromatic carbocycles. The molecule has 20 heavy (non-hydrogen) atoms. The van der Waals surface area contributed by atoms with Crippen molar-refractivity contribution in [1.29, 1.82) is 0 Å². The molecular formula is C15H23N3OS. The van der Waals surface area contributed by atoms with Crippen LogP contribution in [0.4, 0.5) is 0 Å². The van der Waals surface area contributed by atoms with Gasteiger partial charge in [0, 0.05) is 35.0 Å². The molecule has 1 fully saturated rings. The van der Waals surface area contributed by atoms with Gasteiger partial charge in [-0.15, -0.1) is 0 Å². The zero-order valence-corrected chi connectivity index (χ0v) is 13.0. The van der Waals surface area contributed by atoms with Gasteiger partial charge in [-0.1, -0.05) is 19.1 Å². The van der Waals surface area contributed by atoms with Gasteiger partial charge in [-0.3, -0.25) is 4.21 Å². The Morgan fingerprint density at radius 2 is 1.95 bits per heavy atom. The molecule has 1 unspecified atom stereocenters. The number of piperidine rings is 1. The Kier molecular flexibility index (Phi) is 5.17. The highest BCUT2D eigenvalue weighted by Crippen LogP contribution is 2.15. The Balaban J connectivity index is 1.92. The standard InChI is InChI=1S/C15H23N3OS/c1-12-7-9-18(10-8-12)15(16)17-11-13-3-5-14(6-4-13)20(2)19/h3-6,12H,7-11H2,1-2H3,(H2,16,17). The van der Waals surface area contributed by atoms with Gasteiger partial charge in [0.2, 0.25) is 0 Å². The summed E-state index contributed by atoms with van der Waals surface area (Å²) in [5, 5.41) is 0. The molecule has 0 spiro atoms. The van der Waals surface area contributed by atoms with Crippen LogP contribution in [-0.4, -0.2) is 34.4 Å². The van der Waals surface area contributed by atoms with E-state index in [1.54, 1.807) is 6.26 Å². The summed E-state index contributed by atoms with van der Waals surface area (Å²) in [6, 6.07) is 7.71. The van der Waals surface area contributed by atoms with Crippen molar-refractivity contribution >= 4 is 16.8 Å². The Morgan fingerprint density at radius 1 is 1.35 bits per heavy atom. The van der Waals surface area contributed by atoms with Gasteiger partial charge in [-0.25, -0.2) is 4.99 Å². The molecule has 1 aliphatic rings. The lowest BCUT2D eigenvalue weighted by atomic mass is 10.00. The van der Waals surface area contributed by atoms with E-state index in [0.717, 1.165) is 29.5 Å². The highest BCUT2D eigenvalue weighted by Gasteiger charge is 2.16. The van der Waals surface area contributed by atoms with Crippen molar-refractivity contribution in [1.82, 2.24) is 4.90 Å². The molecule has 1 atom stereocenters. The van der Waals surface area contributed by atoms with Crippen molar-refractivity contribution < 1.29 is 4.21 Å². The summed E-state index contributed by atoms with van der Waals surface area (Å²) >= 11 is 0. The molecule has 2 rings (SSSR count). The van der Waals surface area contributed by atoms with Crippen LogP contribution in [0.3, 0.4) is 0 Å². The van der Waals surface area contributed by atoms with Crippen LogP contribution in [0.25, 0.3) is 0 Å². The normalized spacial score (nSPS) is 19.1. The fraction of sp³-hybridized carbons (Fsp3) is 0.533. The molecule has 0 saturated carbocycles. The predicted octanol–water partition coefficient (Wildman–Crippen LogP) is 1.97. The maximum atomic E-state index is 11.3. The zero-order valence-electron chi connectivity index (χ0n) is 12.2. The smallest absolute Gasteiger partial charge is 0.191 e. The van der Waals surface area contributed by atoms with Gasteiger partial charge in [-0.2, -0.15) is 0 Å². The van der Waals surface area contributed by atoms with Crippen LogP contribution in [0.15, 0.2) is 34.2 Å². The van der Waals surface area contributed by atoms with E-state index in [9.17, 15) is 4.21 Å². The van der Waals surface area contributed by atoms with Gasteiger partial charge in [-0.05, 0) is 36.5 Å². The van der Waals surface area contributed by atoms with Crippen LogP contribution >= 0.6 is 0 Å². The number of nitrogens with zero attached hydrogens (tertiary/aromatic N) is 2. The fourth-order valence-electron chi connectivity index (χ4n) is 2.30. The van der Waals surface area contributed by atoms with E-state index < -0.39 is 10.8 Å². The van der Waals surface area contributed by atoms with E-state index in [0.29, 0.717) is 12.5 Å². The highest BCUT2D eigenvalue weighted by molar-refractivity contribution is 7.84. The largest absolute Gasteiger partial charge is 0.370 e. The monoisotopic (exact) mass is 293 g/mol. The summed E-state index contributed by atoms with van der Waals surface area (Å²) in [5.41, 5.74) is 7.14. The number of guanidine groups is 1. The van der Waals surface area contributed by atoms with Crippen molar-refractivity contribution in [3.05, 3.63) is 29.8 Å². The maximum Gasteiger partial charge on any atom is 0.191 e. The van der Waals surface area contributed by atoms with Crippen molar-refractivity contribution in [2.75, 3.05) is 19.3 Å². The molecule has 2 N–H and O–H groups in total. The molecule has 5 heteroatoms. The van der Waals surface area contributed by atoms with Crippen LogP contribution in [0.2, 0.25) is 0 Å². The number of hydrogen-bond donors (Lipinski definition) is 1. The third kappa shape index (κ3) is 4.07. The third-order valence-electron chi connectivity index (χ3n) is 3.79. The summed E-state index contributed by atoms with van der Waals surface area (Å²) in [6.45, 7) is 4.87. The second kappa shape index (κ2) is 6.88. The first kappa shape index (κ1) is 15.0. The fourth-order valence-corrected chi connectivity index (χ4v) is 2.82. The molecule has 1 heterocycles. The molecule has 4 nitrogen and oxygen atoms in total. The van der Waals surface area contributed by atoms with Gasteiger partial charge in [0.05, 0.1) is 6.54 Å².